The molecule has 1 aromatic heterocycles. The van der Waals surface area contributed by atoms with E-state index in [1.54, 1.807) is 4.68 Å². The molecule has 2 aromatic rings. The fourth-order valence-electron chi connectivity index (χ4n) is 6.30. The summed E-state index contributed by atoms with van der Waals surface area (Å²) < 4.78 is 7.25. The minimum atomic E-state index is -0.338. The molecule has 4 aliphatic rings. The highest BCUT2D eigenvalue weighted by Crippen LogP contribution is 2.60. The van der Waals surface area contributed by atoms with Crippen molar-refractivity contribution < 1.29 is 14.3 Å². The van der Waals surface area contributed by atoms with Crippen LogP contribution in [0.1, 0.15) is 49.8 Å². The van der Waals surface area contributed by atoms with E-state index in [2.05, 4.69) is 10.4 Å². The molecular weight excluding hydrogens is 378 g/mol. The van der Waals surface area contributed by atoms with Gasteiger partial charge in [0.15, 0.2) is 6.61 Å². The number of hydrogen-bond donors (Lipinski definition) is 1. The van der Waals surface area contributed by atoms with Crippen LogP contribution < -0.4 is 5.32 Å². The van der Waals surface area contributed by atoms with Crippen LogP contribution in [-0.2, 0) is 14.3 Å². The largest absolute Gasteiger partial charge is 0.455 e. The maximum Gasteiger partial charge on any atom is 0.312 e. The van der Waals surface area contributed by atoms with Crippen LogP contribution in [0.5, 0.6) is 0 Å². The van der Waals surface area contributed by atoms with Crippen molar-refractivity contribution in [1.29, 1.82) is 0 Å². The Morgan fingerprint density at radius 1 is 1.07 bits per heavy atom. The summed E-state index contributed by atoms with van der Waals surface area (Å²) in [5.41, 5.74) is 2.49. The number of aryl methyl sites for hydroxylation is 2. The summed E-state index contributed by atoms with van der Waals surface area (Å²) in [7, 11) is 0. The molecule has 1 amide bonds. The third kappa shape index (κ3) is 3.53. The second-order valence-electron chi connectivity index (χ2n) is 9.74. The number of nitrogens with zero attached hydrogens (tertiary/aromatic N) is 2. The van der Waals surface area contributed by atoms with Gasteiger partial charge in [-0.3, -0.25) is 9.59 Å². The van der Waals surface area contributed by atoms with Crippen LogP contribution in [-0.4, -0.2) is 28.3 Å². The molecule has 6 nitrogen and oxygen atoms in total. The quantitative estimate of drug-likeness (QED) is 0.755. The van der Waals surface area contributed by atoms with Crippen LogP contribution in [0.25, 0.3) is 5.69 Å². The van der Waals surface area contributed by atoms with Crippen molar-refractivity contribution in [1.82, 2.24) is 9.78 Å². The third-order valence-corrected chi connectivity index (χ3v) is 7.18. The molecule has 4 bridgehead atoms. The maximum atomic E-state index is 13.0. The first-order valence-corrected chi connectivity index (χ1v) is 11.0. The fraction of sp³-hybridized carbons (Fsp3) is 0.542. The molecule has 0 radical (unpaired) electrons. The van der Waals surface area contributed by atoms with Gasteiger partial charge in [0, 0.05) is 6.07 Å². The first-order chi connectivity index (χ1) is 14.4. The molecular formula is C24H29N3O3. The van der Waals surface area contributed by atoms with Gasteiger partial charge in [0.25, 0.3) is 5.91 Å². The van der Waals surface area contributed by atoms with E-state index in [1.165, 1.54) is 19.3 Å². The van der Waals surface area contributed by atoms with E-state index >= 15 is 0 Å². The van der Waals surface area contributed by atoms with Crippen LogP contribution in [0.2, 0.25) is 0 Å². The monoisotopic (exact) mass is 407 g/mol. The minimum Gasteiger partial charge on any atom is -0.455 e. The topological polar surface area (TPSA) is 73.2 Å². The number of amides is 1. The zero-order valence-electron chi connectivity index (χ0n) is 17.7. The first-order valence-electron chi connectivity index (χ1n) is 11.0. The van der Waals surface area contributed by atoms with E-state index in [1.807, 2.05) is 44.2 Å². The standard InChI is InChI=1S/C24H29N3O3/c1-15-3-5-20(6-4-15)27-21(7-16(2)26-27)25-22(28)14-30-23(29)24-11-17-8-18(12-24)10-19(9-17)13-24/h3-7,17-19H,8-14H2,1-2H3,(H,25,28). The van der Waals surface area contributed by atoms with Gasteiger partial charge in [0.1, 0.15) is 5.82 Å². The second-order valence-corrected chi connectivity index (χ2v) is 9.74. The number of rotatable bonds is 5. The average Bonchev–Trinajstić information content (AvgIpc) is 3.05. The number of hydrogen-bond acceptors (Lipinski definition) is 4. The molecule has 1 aromatic carbocycles. The Balaban J connectivity index is 1.23. The van der Waals surface area contributed by atoms with Gasteiger partial charge in [-0.05, 0) is 82.3 Å². The Hall–Kier alpha value is -2.63. The molecule has 4 saturated carbocycles. The van der Waals surface area contributed by atoms with Crippen LogP contribution >= 0.6 is 0 Å². The average molecular weight is 408 g/mol. The number of carbonyl (C=O) groups is 2. The molecule has 0 atom stereocenters. The van der Waals surface area contributed by atoms with Crippen molar-refractivity contribution in [3.05, 3.63) is 41.6 Å². The predicted molar refractivity (Wildman–Crippen MR) is 113 cm³/mol. The number of anilines is 1. The highest BCUT2D eigenvalue weighted by Gasteiger charge is 2.55. The van der Waals surface area contributed by atoms with Gasteiger partial charge in [-0.15, -0.1) is 0 Å². The van der Waals surface area contributed by atoms with Gasteiger partial charge in [-0.25, -0.2) is 4.68 Å². The van der Waals surface area contributed by atoms with E-state index < -0.39 is 0 Å². The molecule has 1 heterocycles. The SMILES string of the molecule is Cc1ccc(-n2nc(C)cc2NC(=O)COC(=O)C23CC4CC(CC(C4)C2)C3)cc1. The molecule has 6 rings (SSSR count). The lowest BCUT2D eigenvalue weighted by molar-refractivity contribution is -0.172. The van der Waals surface area contributed by atoms with Crippen LogP contribution in [0.4, 0.5) is 5.82 Å². The Morgan fingerprint density at radius 2 is 1.67 bits per heavy atom. The van der Waals surface area contributed by atoms with Gasteiger partial charge in [0.2, 0.25) is 0 Å². The molecule has 0 unspecified atom stereocenters. The number of carbonyl (C=O) groups excluding carboxylic acids is 2. The maximum absolute atomic E-state index is 13.0. The summed E-state index contributed by atoms with van der Waals surface area (Å²) in [6.07, 6.45) is 6.65. The second kappa shape index (κ2) is 7.25. The summed E-state index contributed by atoms with van der Waals surface area (Å²) in [5, 5.41) is 7.34. The van der Waals surface area contributed by atoms with Gasteiger partial charge in [-0.1, -0.05) is 17.7 Å². The zero-order chi connectivity index (χ0) is 20.9. The van der Waals surface area contributed by atoms with Crippen LogP contribution in [0.3, 0.4) is 0 Å². The van der Waals surface area contributed by atoms with E-state index in [-0.39, 0.29) is 23.9 Å². The Bertz CT molecular complexity index is 941. The molecule has 30 heavy (non-hydrogen) atoms. The van der Waals surface area contributed by atoms with Crippen molar-refractivity contribution in [2.75, 3.05) is 11.9 Å². The lowest BCUT2D eigenvalue weighted by Gasteiger charge is -2.55. The molecule has 6 heteroatoms. The smallest absolute Gasteiger partial charge is 0.312 e. The van der Waals surface area contributed by atoms with E-state index in [9.17, 15) is 9.59 Å². The Labute approximate surface area is 177 Å². The van der Waals surface area contributed by atoms with Gasteiger partial charge >= 0.3 is 5.97 Å². The number of benzene rings is 1. The van der Waals surface area contributed by atoms with Crippen molar-refractivity contribution in [2.24, 2.45) is 23.2 Å². The molecule has 0 aliphatic heterocycles. The van der Waals surface area contributed by atoms with Crippen molar-refractivity contribution in [2.45, 2.75) is 52.4 Å². The van der Waals surface area contributed by atoms with Gasteiger partial charge in [0.05, 0.1) is 16.8 Å². The summed E-state index contributed by atoms with van der Waals surface area (Å²) in [6.45, 7) is 3.66. The van der Waals surface area contributed by atoms with E-state index in [0.717, 1.165) is 36.2 Å². The first kappa shape index (κ1) is 19.3. The van der Waals surface area contributed by atoms with Gasteiger partial charge < -0.3 is 10.1 Å². The Kier molecular flexibility index (Phi) is 4.68. The third-order valence-electron chi connectivity index (χ3n) is 7.18. The van der Waals surface area contributed by atoms with Crippen LogP contribution in [0, 0.1) is 37.0 Å². The number of esters is 1. The number of ether oxygens (including phenoxy) is 1. The molecule has 0 spiro atoms. The Morgan fingerprint density at radius 3 is 2.27 bits per heavy atom. The van der Waals surface area contributed by atoms with Crippen molar-refractivity contribution >= 4 is 17.7 Å². The lowest BCUT2D eigenvalue weighted by atomic mass is 9.49. The van der Waals surface area contributed by atoms with Crippen molar-refractivity contribution in [3.8, 4) is 5.69 Å². The summed E-state index contributed by atoms with van der Waals surface area (Å²) in [4.78, 5) is 25.5. The van der Waals surface area contributed by atoms with E-state index in [4.69, 9.17) is 4.74 Å². The minimum absolute atomic E-state index is 0.167. The summed E-state index contributed by atoms with van der Waals surface area (Å²) >= 11 is 0. The number of nitrogens with one attached hydrogen (secondary N) is 1. The summed E-state index contributed by atoms with van der Waals surface area (Å²) in [5.74, 6) is 2.09. The van der Waals surface area contributed by atoms with E-state index in [0.29, 0.717) is 23.6 Å². The summed E-state index contributed by atoms with van der Waals surface area (Å²) in [6, 6.07) is 9.75. The highest BCUT2D eigenvalue weighted by molar-refractivity contribution is 5.92. The van der Waals surface area contributed by atoms with Crippen LogP contribution in [0.15, 0.2) is 30.3 Å². The lowest BCUT2D eigenvalue weighted by Crippen LogP contribution is -2.50. The fourth-order valence-corrected chi connectivity index (χ4v) is 6.30. The highest BCUT2D eigenvalue weighted by atomic mass is 16.5. The molecule has 4 fully saturated rings. The molecule has 4 aliphatic carbocycles. The van der Waals surface area contributed by atoms with Crippen molar-refractivity contribution in [3.63, 3.8) is 0 Å². The molecule has 1 N–H and O–H groups in total. The molecule has 158 valence electrons. The molecule has 0 saturated heterocycles. The predicted octanol–water partition coefficient (Wildman–Crippen LogP) is 4.19. The van der Waals surface area contributed by atoms with Gasteiger partial charge in [-0.2, -0.15) is 5.10 Å². The number of aromatic nitrogens is 2. The normalized spacial score (nSPS) is 29.1. The zero-order valence-corrected chi connectivity index (χ0v) is 17.7.